The van der Waals surface area contributed by atoms with E-state index < -0.39 is 10.0 Å². The summed E-state index contributed by atoms with van der Waals surface area (Å²) >= 11 is 0. The average molecular weight is 311 g/mol. The van der Waals surface area contributed by atoms with E-state index in [9.17, 15) is 8.42 Å². The van der Waals surface area contributed by atoms with Gasteiger partial charge in [0.1, 0.15) is 0 Å². The normalized spacial score (nSPS) is 17.0. The molecule has 0 aromatic heterocycles. The zero-order chi connectivity index (χ0) is 15.3. The van der Waals surface area contributed by atoms with Crippen molar-refractivity contribution in [1.82, 2.24) is 4.72 Å². The van der Waals surface area contributed by atoms with Crippen LogP contribution in [-0.4, -0.2) is 34.6 Å². The molecule has 0 saturated carbocycles. The van der Waals surface area contributed by atoms with Crippen LogP contribution >= 0.6 is 0 Å². The molecule has 1 heterocycles. The van der Waals surface area contributed by atoms with Gasteiger partial charge < -0.3 is 4.90 Å². The Hall–Kier alpha value is -0.910. The lowest BCUT2D eigenvalue weighted by atomic mass is 10.1. The predicted octanol–water partition coefficient (Wildman–Crippen LogP) is 1.04. The monoisotopic (exact) mass is 311 g/mol. The van der Waals surface area contributed by atoms with Crippen molar-refractivity contribution in [3.8, 4) is 0 Å². The van der Waals surface area contributed by atoms with Crippen LogP contribution in [0.3, 0.4) is 0 Å². The Morgan fingerprint density at radius 1 is 1.14 bits per heavy atom. The van der Waals surface area contributed by atoms with Crippen molar-refractivity contribution < 1.29 is 13.3 Å². The van der Waals surface area contributed by atoms with E-state index in [0.717, 1.165) is 24.1 Å². The number of sulfonamides is 1. The van der Waals surface area contributed by atoms with Gasteiger partial charge in [0, 0.05) is 13.0 Å². The van der Waals surface area contributed by atoms with Crippen molar-refractivity contribution in [2.75, 3.05) is 26.2 Å². The summed E-state index contributed by atoms with van der Waals surface area (Å²) in [5.74, 6) is 0. The van der Waals surface area contributed by atoms with E-state index in [0.29, 0.717) is 11.4 Å². The largest absolute Gasteiger partial charge is 0.335 e. The van der Waals surface area contributed by atoms with Gasteiger partial charge >= 0.3 is 0 Å². The second kappa shape index (κ2) is 7.38. The first-order chi connectivity index (χ1) is 9.99. The number of benzene rings is 1. The second-order valence-corrected chi connectivity index (χ2v) is 7.82. The number of aryl methyl sites for hydroxylation is 2. The first-order valence-electron chi connectivity index (χ1n) is 7.89. The van der Waals surface area contributed by atoms with Crippen molar-refractivity contribution in [2.45, 2.75) is 44.4 Å². The smallest absolute Gasteiger partial charge is 0.240 e. The summed E-state index contributed by atoms with van der Waals surface area (Å²) in [6.07, 6.45) is 4.87. The highest BCUT2D eigenvalue weighted by Crippen LogP contribution is 2.16. The van der Waals surface area contributed by atoms with Gasteiger partial charge in [-0.25, -0.2) is 13.1 Å². The zero-order valence-corrected chi connectivity index (χ0v) is 13.9. The average Bonchev–Trinajstić information content (AvgIpc) is 2.47. The summed E-state index contributed by atoms with van der Waals surface area (Å²) in [4.78, 5) is 2.03. The molecule has 1 fully saturated rings. The van der Waals surface area contributed by atoms with Gasteiger partial charge in [-0.15, -0.1) is 0 Å². The van der Waals surface area contributed by atoms with Gasteiger partial charge in [-0.05, 0) is 50.3 Å². The minimum atomic E-state index is -3.38. The molecule has 1 aromatic carbocycles. The fourth-order valence-corrected chi connectivity index (χ4v) is 4.32. The molecule has 0 atom stereocenters. The van der Waals surface area contributed by atoms with E-state index in [4.69, 9.17) is 0 Å². The first kappa shape index (κ1) is 16.5. The summed E-state index contributed by atoms with van der Waals surface area (Å²) in [5, 5.41) is 0. The molecule has 0 spiro atoms. The van der Waals surface area contributed by atoms with E-state index in [1.54, 1.807) is 11.0 Å². The van der Waals surface area contributed by atoms with Gasteiger partial charge in [0.25, 0.3) is 0 Å². The Morgan fingerprint density at radius 2 is 1.86 bits per heavy atom. The molecule has 1 aliphatic rings. The van der Waals surface area contributed by atoms with Gasteiger partial charge in [-0.2, -0.15) is 0 Å². The molecule has 0 radical (unpaired) electrons. The van der Waals surface area contributed by atoms with E-state index >= 15 is 0 Å². The van der Waals surface area contributed by atoms with Crippen LogP contribution in [0.15, 0.2) is 23.1 Å². The maximum Gasteiger partial charge on any atom is 0.240 e. The molecule has 0 bridgehead atoms. The molecular weight excluding hydrogens is 284 g/mol. The summed E-state index contributed by atoms with van der Waals surface area (Å²) in [7, 11) is -3.38. The number of rotatable bonds is 6. The van der Waals surface area contributed by atoms with Crippen LogP contribution in [-0.2, 0) is 10.0 Å². The summed E-state index contributed by atoms with van der Waals surface area (Å²) in [5.41, 5.74) is 1.77. The van der Waals surface area contributed by atoms with Crippen molar-refractivity contribution >= 4 is 10.0 Å². The Labute approximate surface area is 128 Å². The lowest BCUT2D eigenvalue weighted by Crippen LogP contribution is -3.12. The highest BCUT2D eigenvalue weighted by Gasteiger charge is 2.17. The number of piperidine rings is 1. The standard InChI is InChI=1S/C16H26N2O2S/c1-14-7-8-15(2)16(13-14)21(19,20)17-9-6-12-18-10-4-3-5-11-18/h7-8,13,17H,3-6,9-12H2,1-2H3/p+1. The number of likely N-dealkylation sites (tertiary alicyclic amines) is 1. The minimum absolute atomic E-state index is 0.410. The van der Waals surface area contributed by atoms with Crippen molar-refractivity contribution in [1.29, 1.82) is 0 Å². The first-order valence-corrected chi connectivity index (χ1v) is 9.38. The van der Waals surface area contributed by atoms with E-state index in [1.807, 2.05) is 26.0 Å². The SMILES string of the molecule is Cc1ccc(C)c(S(=O)(=O)NCCC[NH+]2CCCCC2)c1. The third-order valence-corrected chi connectivity index (χ3v) is 5.80. The Balaban J connectivity index is 1.85. The molecule has 0 aliphatic carbocycles. The van der Waals surface area contributed by atoms with Crippen LogP contribution in [0.25, 0.3) is 0 Å². The Bertz CT molecular complexity index is 564. The van der Waals surface area contributed by atoms with Gasteiger partial charge in [-0.3, -0.25) is 0 Å². The maximum atomic E-state index is 12.3. The Kier molecular flexibility index (Phi) is 5.79. The van der Waals surface area contributed by atoms with Crippen LogP contribution in [0.2, 0.25) is 0 Å². The Morgan fingerprint density at radius 3 is 2.57 bits per heavy atom. The molecule has 118 valence electrons. The maximum absolute atomic E-state index is 12.3. The summed E-state index contributed by atoms with van der Waals surface area (Å²) < 4.78 is 27.4. The minimum Gasteiger partial charge on any atom is -0.335 e. The van der Waals surface area contributed by atoms with Gasteiger partial charge in [0.2, 0.25) is 10.0 Å². The number of hydrogen-bond acceptors (Lipinski definition) is 2. The summed E-state index contributed by atoms with van der Waals surface area (Å²) in [6, 6.07) is 5.55. The highest BCUT2D eigenvalue weighted by molar-refractivity contribution is 7.89. The topological polar surface area (TPSA) is 50.6 Å². The van der Waals surface area contributed by atoms with E-state index in [-0.39, 0.29) is 0 Å². The lowest BCUT2D eigenvalue weighted by molar-refractivity contribution is -0.904. The van der Waals surface area contributed by atoms with Gasteiger partial charge in [-0.1, -0.05) is 12.1 Å². The molecule has 1 aliphatic heterocycles. The second-order valence-electron chi connectivity index (χ2n) is 6.08. The molecule has 1 aromatic rings. The third-order valence-electron chi connectivity index (χ3n) is 4.19. The molecule has 2 N–H and O–H groups in total. The molecule has 4 nitrogen and oxygen atoms in total. The number of hydrogen-bond donors (Lipinski definition) is 2. The van der Waals surface area contributed by atoms with Crippen LogP contribution in [0.1, 0.15) is 36.8 Å². The van der Waals surface area contributed by atoms with Crippen LogP contribution in [0, 0.1) is 13.8 Å². The number of nitrogens with one attached hydrogen (secondary N) is 2. The molecular formula is C16H27N2O2S+. The van der Waals surface area contributed by atoms with Crippen LogP contribution in [0.5, 0.6) is 0 Å². The lowest BCUT2D eigenvalue weighted by Gasteiger charge is -2.23. The summed E-state index contributed by atoms with van der Waals surface area (Å²) in [6.45, 7) is 7.83. The van der Waals surface area contributed by atoms with Crippen molar-refractivity contribution in [2.24, 2.45) is 0 Å². The predicted molar refractivity (Wildman–Crippen MR) is 85.1 cm³/mol. The van der Waals surface area contributed by atoms with Crippen molar-refractivity contribution in [3.63, 3.8) is 0 Å². The fraction of sp³-hybridized carbons (Fsp3) is 0.625. The molecule has 5 heteroatoms. The van der Waals surface area contributed by atoms with Gasteiger partial charge in [0.05, 0.1) is 24.5 Å². The zero-order valence-electron chi connectivity index (χ0n) is 13.1. The molecule has 1 saturated heterocycles. The van der Waals surface area contributed by atoms with E-state index in [2.05, 4.69) is 4.72 Å². The highest BCUT2D eigenvalue weighted by atomic mass is 32.2. The van der Waals surface area contributed by atoms with E-state index in [1.165, 1.54) is 32.4 Å². The third kappa shape index (κ3) is 4.80. The molecule has 0 amide bonds. The fourth-order valence-electron chi connectivity index (χ4n) is 2.92. The quantitative estimate of drug-likeness (QED) is 0.771. The molecule has 21 heavy (non-hydrogen) atoms. The van der Waals surface area contributed by atoms with Crippen molar-refractivity contribution in [3.05, 3.63) is 29.3 Å². The van der Waals surface area contributed by atoms with Crippen LogP contribution < -0.4 is 9.62 Å². The molecule has 0 unspecified atom stereocenters. The molecule has 2 rings (SSSR count). The number of quaternary nitrogens is 1. The van der Waals surface area contributed by atoms with Gasteiger partial charge in [0.15, 0.2) is 0 Å². The van der Waals surface area contributed by atoms with Crippen LogP contribution in [0.4, 0.5) is 0 Å².